The minimum atomic E-state index is -3.75. The number of hydrogen-bond acceptors (Lipinski definition) is 2. The number of carbonyl (C=O) groups excluding carboxylic acids is 1. The van der Waals surface area contributed by atoms with Gasteiger partial charge in [-0.25, -0.2) is 4.79 Å². The Bertz CT molecular complexity index is 689. The van der Waals surface area contributed by atoms with Crippen LogP contribution in [-0.2, 0) is 0 Å². The second-order valence-corrected chi connectivity index (χ2v) is 5.02. The summed E-state index contributed by atoms with van der Waals surface area (Å²) in [4.78, 5) is 23.5. The van der Waals surface area contributed by atoms with Crippen LogP contribution in [0.25, 0.3) is 0 Å². The van der Waals surface area contributed by atoms with Crippen LogP contribution in [0.2, 0.25) is 0 Å². The summed E-state index contributed by atoms with van der Waals surface area (Å²) >= 11 is 0. The molecule has 0 saturated carbocycles. The molecule has 4 nitrogen and oxygen atoms in total. The first-order valence-corrected chi connectivity index (χ1v) is 6.52. The largest absolute Gasteiger partial charge is 0.478 e. The number of amides is 1. The van der Waals surface area contributed by atoms with Gasteiger partial charge in [0.05, 0.1) is 12.1 Å². The lowest BCUT2D eigenvalue weighted by atomic mass is 10.1. The number of hydrogen-bond donors (Lipinski definition) is 1. The highest BCUT2D eigenvalue weighted by Crippen LogP contribution is 2.25. The van der Waals surface area contributed by atoms with Gasteiger partial charge in [-0.1, -0.05) is 0 Å². The van der Waals surface area contributed by atoms with Crippen molar-refractivity contribution in [3.05, 3.63) is 35.4 Å². The monoisotopic (exact) mass is 329 g/mol. The molecular formula is C15H11F4NO3. The van der Waals surface area contributed by atoms with E-state index < -0.39 is 43.2 Å². The van der Waals surface area contributed by atoms with Gasteiger partial charge in [-0.15, -0.1) is 0 Å². The Hall–Kier alpha value is -2.56. The summed E-state index contributed by atoms with van der Waals surface area (Å²) in [6.07, 6.45) is -0.852. The van der Waals surface area contributed by atoms with Gasteiger partial charge in [-0.2, -0.15) is 17.6 Å². The minimum Gasteiger partial charge on any atom is -0.478 e. The van der Waals surface area contributed by atoms with Crippen molar-refractivity contribution in [1.29, 1.82) is 0 Å². The van der Waals surface area contributed by atoms with Crippen LogP contribution in [0.4, 0.5) is 17.6 Å². The van der Waals surface area contributed by atoms with Crippen LogP contribution < -0.4 is 0 Å². The summed E-state index contributed by atoms with van der Waals surface area (Å²) in [6, 6.07) is 4.55. The third-order valence-corrected chi connectivity index (χ3v) is 3.18. The molecule has 1 aromatic carbocycles. The van der Waals surface area contributed by atoms with Crippen LogP contribution in [0.15, 0.2) is 24.3 Å². The van der Waals surface area contributed by atoms with Crippen molar-refractivity contribution in [2.24, 2.45) is 0 Å². The van der Waals surface area contributed by atoms with Gasteiger partial charge in [-0.3, -0.25) is 4.79 Å². The molecule has 0 aliphatic carbocycles. The quantitative estimate of drug-likeness (QED) is 0.670. The molecule has 0 unspecified atom stereocenters. The van der Waals surface area contributed by atoms with E-state index in [1.807, 2.05) is 0 Å². The van der Waals surface area contributed by atoms with E-state index in [1.165, 1.54) is 11.8 Å². The summed E-state index contributed by atoms with van der Waals surface area (Å²) < 4.78 is 53.5. The highest BCUT2D eigenvalue weighted by Gasteiger charge is 2.38. The Balaban J connectivity index is 2.24. The Labute approximate surface area is 128 Å². The van der Waals surface area contributed by atoms with E-state index in [4.69, 9.17) is 5.11 Å². The highest BCUT2D eigenvalue weighted by atomic mass is 19.3. The number of carbonyl (C=O) groups is 2. The van der Waals surface area contributed by atoms with Crippen LogP contribution in [0.3, 0.4) is 0 Å². The number of carboxylic acid groups (broad SMARTS) is 1. The number of halogens is 4. The first kappa shape index (κ1) is 16.8. The molecule has 1 aliphatic rings. The van der Waals surface area contributed by atoms with E-state index in [9.17, 15) is 27.2 Å². The zero-order chi connectivity index (χ0) is 17.3. The summed E-state index contributed by atoms with van der Waals surface area (Å²) in [7, 11) is 0. The molecule has 0 spiro atoms. The minimum absolute atomic E-state index is 0.0670. The second kappa shape index (κ2) is 5.91. The molecule has 0 radical (unpaired) electrons. The molecule has 2 rings (SSSR count). The molecule has 1 aliphatic heterocycles. The van der Waals surface area contributed by atoms with E-state index >= 15 is 0 Å². The zero-order valence-corrected chi connectivity index (χ0v) is 11.7. The van der Waals surface area contributed by atoms with Crippen LogP contribution in [0.5, 0.6) is 0 Å². The second-order valence-electron chi connectivity index (χ2n) is 5.02. The maximum Gasteiger partial charge on any atom is 0.335 e. The maximum absolute atomic E-state index is 13.5. The number of aromatic carboxylic acids is 1. The molecule has 0 aromatic heterocycles. The van der Waals surface area contributed by atoms with Gasteiger partial charge in [0.1, 0.15) is 0 Å². The van der Waals surface area contributed by atoms with Crippen LogP contribution in [0, 0.1) is 11.8 Å². The first-order valence-electron chi connectivity index (χ1n) is 6.52. The Kier molecular flexibility index (Phi) is 4.32. The van der Waals surface area contributed by atoms with E-state index in [2.05, 4.69) is 0 Å². The standard InChI is InChI=1S/C15H11F4NO3/c16-14(17)5-6-15(18,19)9-20(8-7-14)12(21)10-1-3-11(4-2-10)13(22)23/h1-4H,7-9H2,(H,22,23). The Morgan fingerprint density at radius 2 is 1.52 bits per heavy atom. The van der Waals surface area contributed by atoms with Crippen molar-refractivity contribution >= 4 is 11.9 Å². The molecule has 1 N–H and O–H groups in total. The number of benzene rings is 1. The van der Waals surface area contributed by atoms with Gasteiger partial charge in [0.25, 0.3) is 5.91 Å². The van der Waals surface area contributed by atoms with Crippen LogP contribution in [-0.4, -0.2) is 46.8 Å². The van der Waals surface area contributed by atoms with Crippen LogP contribution >= 0.6 is 0 Å². The third kappa shape index (κ3) is 4.22. The van der Waals surface area contributed by atoms with Gasteiger partial charge >= 0.3 is 17.8 Å². The molecule has 122 valence electrons. The predicted octanol–water partition coefficient (Wildman–Crippen LogP) is 2.50. The van der Waals surface area contributed by atoms with Crippen LogP contribution in [0.1, 0.15) is 27.1 Å². The highest BCUT2D eigenvalue weighted by molar-refractivity contribution is 5.96. The fraction of sp³-hybridized carbons (Fsp3) is 0.333. The normalized spacial score (nSPS) is 19.0. The summed E-state index contributed by atoms with van der Waals surface area (Å²) in [5.74, 6) is -7.01. The molecular weight excluding hydrogens is 318 g/mol. The maximum atomic E-state index is 13.5. The van der Waals surface area contributed by atoms with Crippen molar-refractivity contribution in [3.8, 4) is 11.8 Å². The van der Waals surface area contributed by atoms with Gasteiger partial charge in [0.2, 0.25) is 0 Å². The Morgan fingerprint density at radius 1 is 1.00 bits per heavy atom. The smallest absolute Gasteiger partial charge is 0.335 e. The van der Waals surface area contributed by atoms with Gasteiger partial charge in [-0.05, 0) is 36.1 Å². The summed E-state index contributed by atoms with van der Waals surface area (Å²) in [6.45, 7) is -1.69. The van der Waals surface area contributed by atoms with Crippen molar-refractivity contribution in [1.82, 2.24) is 4.90 Å². The van der Waals surface area contributed by atoms with Crippen molar-refractivity contribution < 1.29 is 32.3 Å². The molecule has 1 heterocycles. The van der Waals surface area contributed by atoms with E-state index in [-0.39, 0.29) is 11.1 Å². The molecule has 1 amide bonds. The van der Waals surface area contributed by atoms with Gasteiger partial charge < -0.3 is 10.0 Å². The fourth-order valence-electron chi connectivity index (χ4n) is 1.99. The topological polar surface area (TPSA) is 57.6 Å². The lowest BCUT2D eigenvalue weighted by molar-refractivity contribution is -0.00308. The molecule has 0 bridgehead atoms. The lowest BCUT2D eigenvalue weighted by Crippen LogP contribution is -2.43. The molecule has 1 aromatic rings. The van der Waals surface area contributed by atoms with Gasteiger partial charge in [0, 0.05) is 18.5 Å². The number of rotatable bonds is 2. The first-order chi connectivity index (χ1) is 10.6. The van der Waals surface area contributed by atoms with Crippen molar-refractivity contribution in [3.63, 3.8) is 0 Å². The molecule has 0 saturated heterocycles. The fourth-order valence-corrected chi connectivity index (χ4v) is 1.99. The molecule has 8 heteroatoms. The molecule has 23 heavy (non-hydrogen) atoms. The zero-order valence-electron chi connectivity index (χ0n) is 11.7. The third-order valence-electron chi connectivity index (χ3n) is 3.18. The van der Waals surface area contributed by atoms with E-state index in [0.29, 0.717) is 4.90 Å². The van der Waals surface area contributed by atoms with E-state index in [1.54, 1.807) is 0 Å². The van der Waals surface area contributed by atoms with Crippen molar-refractivity contribution in [2.45, 2.75) is 18.3 Å². The number of nitrogens with zero attached hydrogens (tertiary/aromatic N) is 1. The average molecular weight is 329 g/mol. The van der Waals surface area contributed by atoms with E-state index in [0.717, 1.165) is 24.3 Å². The molecule has 0 fully saturated rings. The predicted molar refractivity (Wildman–Crippen MR) is 71.6 cm³/mol. The Morgan fingerprint density at radius 3 is 2.09 bits per heavy atom. The number of carboxylic acids is 1. The van der Waals surface area contributed by atoms with Crippen molar-refractivity contribution in [2.75, 3.05) is 13.1 Å². The number of alkyl halides is 4. The average Bonchev–Trinajstić information content (AvgIpc) is 2.48. The SMILES string of the molecule is O=C(O)c1ccc(C(=O)N2CCC(F)(F)C#CC(F)(F)C2)cc1. The lowest BCUT2D eigenvalue weighted by Gasteiger charge is -2.28. The molecule has 0 atom stereocenters. The summed E-state index contributed by atoms with van der Waals surface area (Å²) in [5, 5.41) is 8.76. The van der Waals surface area contributed by atoms with Gasteiger partial charge in [0.15, 0.2) is 0 Å². The summed E-state index contributed by atoms with van der Waals surface area (Å²) in [5.41, 5.74) is -0.153.